The second-order valence-corrected chi connectivity index (χ2v) is 7.36. The van der Waals surface area contributed by atoms with Crippen molar-refractivity contribution in [1.29, 1.82) is 0 Å². The molecule has 0 aliphatic carbocycles. The normalized spacial score (nSPS) is 14.5. The van der Waals surface area contributed by atoms with E-state index in [1.54, 1.807) is 23.7 Å². The summed E-state index contributed by atoms with van der Waals surface area (Å²) in [6.07, 6.45) is 4.11. The Kier molecular flexibility index (Phi) is 4.26. The lowest BCUT2D eigenvalue weighted by atomic mass is 10.1. The number of hydrogen-bond acceptors (Lipinski definition) is 6. The second-order valence-electron chi connectivity index (χ2n) is 5.61. The van der Waals surface area contributed by atoms with Crippen molar-refractivity contribution in [3.05, 3.63) is 61.1 Å². The maximum absolute atomic E-state index is 12.4. The molecule has 1 aliphatic rings. The van der Waals surface area contributed by atoms with Crippen LogP contribution < -0.4 is 5.56 Å². The number of H-pyrrole nitrogens is 1. The lowest BCUT2D eigenvalue weighted by Gasteiger charge is -2.26. The van der Waals surface area contributed by atoms with Gasteiger partial charge in [-0.15, -0.1) is 11.3 Å². The van der Waals surface area contributed by atoms with E-state index in [2.05, 4.69) is 40.8 Å². The van der Waals surface area contributed by atoms with E-state index < -0.39 is 0 Å². The fourth-order valence-corrected chi connectivity index (χ4v) is 4.13. The Hall–Kier alpha value is -1.90. The van der Waals surface area contributed by atoms with Gasteiger partial charge in [0.05, 0.1) is 12.2 Å². The van der Waals surface area contributed by atoms with Gasteiger partial charge in [0.1, 0.15) is 15.4 Å². The molecule has 0 atom stereocenters. The Morgan fingerprint density at radius 2 is 2.29 bits per heavy atom. The van der Waals surface area contributed by atoms with Crippen LogP contribution in [0.2, 0.25) is 0 Å². The molecule has 6 nitrogen and oxygen atoms in total. The van der Waals surface area contributed by atoms with E-state index in [-0.39, 0.29) is 5.56 Å². The molecule has 0 saturated heterocycles. The minimum Gasteiger partial charge on any atom is -0.306 e. The molecule has 0 unspecified atom stereocenters. The first kappa shape index (κ1) is 15.6. The number of nitrogens with zero attached hydrogens (tertiary/aromatic N) is 4. The van der Waals surface area contributed by atoms with E-state index in [4.69, 9.17) is 0 Å². The predicted octanol–water partition coefficient (Wildman–Crippen LogP) is 2.61. The molecule has 0 bridgehead atoms. The van der Waals surface area contributed by atoms with E-state index in [0.29, 0.717) is 18.8 Å². The Bertz CT molecular complexity index is 924. The lowest BCUT2D eigenvalue weighted by Crippen LogP contribution is -2.35. The summed E-state index contributed by atoms with van der Waals surface area (Å²) in [6.45, 7) is 2.26. The molecule has 1 N–H and O–H groups in total. The summed E-state index contributed by atoms with van der Waals surface area (Å²) >= 11 is 5.02. The van der Waals surface area contributed by atoms with Crippen LogP contribution in [0, 0.1) is 0 Å². The van der Waals surface area contributed by atoms with Crippen LogP contribution in [0.25, 0.3) is 11.4 Å². The quantitative estimate of drug-likeness (QED) is 0.727. The second kappa shape index (κ2) is 6.54. The fraction of sp³-hybridized carbons (Fsp3) is 0.250. The molecule has 4 rings (SSSR count). The average Bonchev–Trinajstić information content (AvgIpc) is 3.00. The number of nitrogens with one attached hydrogen (secondary N) is 1. The number of halogens is 1. The first-order valence-corrected chi connectivity index (χ1v) is 9.21. The number of pyridine rings is 1. The van der Waals surface area contributed by atoms with E-state index >= 15 is 0 Å². The van der Waals surface area contributed by atoms with Gasteiger partial charge in [-0.05, 0) is 34.5 Å². The van der Waals surface area contributed by atoms with Crippen molar-refractivity contribution in [1.82, 2.24) is 24.8 Å². The zero-order chi connectivity index (χ0) is 16.5. The van der Waals surface area contributed by atoms with Crippen LogP contribution in [0.5, 0.6) is 0 Å². The summed E-state index contributed by atoms with van der Waals surface area (Å²) in [7, 11) is 0. The molecule has 4 heterocycles. The summed E-state index contributed by atoms with van der Waals surface area (Å²) < 4.78 is 0.869. The van der Waals surface area contributed by atoms with Crippen LogP contribution in [0.1, 0.15) is 16.3 Å². The fourth-order valence-electron chi connectivity index (χ4n) is 2.82. The third kappa shape index (κ3) is 3.17. The number of rotatable bonds is 3. The molecule has 0 amide bonds. The third-order valence-electron chi connectivity index (χ3n) is 3.97. The molecular formula is C16H14BrN5OS. The molecule has 24 heavy (non-hydrogen) atoms. The van der Waals surface area contributed by atoms with Crippen LogP contribution in [-0.2, 0) is 19.5 Å². The Morgan fingerprint density at radius 1 is 1.38 bits per heavy atom. The van der Waals surface area contributed by atoms with Crippen molar-refractivity contribution in [2.24, 2.45) is 0 Å². The summed E-state index contributed by atoms with van der Waals surface area (Å²) in [5.41, 5.74) is 2.41. The van der Waals surface area contributed by atoms with E-state index in [1.165, 1.54) is 0 Å². The highest BCUT2D eigenvalue weighted by molar-refractivity contribution is 9.10. The zero-order valence-electron chi connectivity index (χ0n) is 12.7. The number of aromatic amines is 1. The summed E-state index contributed by atoms with van der Waals surface area (Å²) in [5, 5.41) is 3.04. The van der Waals surface area contributed by atoms with Crippen molar-refractivity contribution in [2.45, 2.75) is 19.5 Å². The van der Waals surface area contributed by atoms with E-state index in [1.807, 2.05) is 17.5 Å². The Balaban J connectivity index is 1.62. The van der Waals surface area contributed by atoms with Gasteiger partial charge in [0.2, 0.25) is 0 Å². The van der Waals surface area contributed by atoms with Crippen molar-refractivity contribution in [3.8, 4) is 11.4 Å². The molecule has 0 aromatic carbocycles. The van der Waals surface area contributed by atoms with Gasteiger partial charge in [-0.1, -0.05) is 0 Å². The topological polar surface area (TPSA) is 74.8 Å². The molecule has 0 saturated carbocycles. The Labute approximate surface area is 150 Å². The van der Waals surface area contributed by atoms with E-state index in [0.717, 1.165) is 39.5 Å². The minimum atomic E-state index is -0.0458. The highest BCUT2D eigenvalue weighted by Gasteiger charge is 2.22. The number of fused-ring (bicyclic) bond motifs is 1. The van der Waals surface area contributed by atoms with Gasteiger partial charge >= 0.3 is 0 Å². The molecular weight excluding hydrogens is 390 g/mol. The van der Waals surface area contributed by atoms with Gasteiger partial charge in [-0.2, -0.15) is 0 Å². The molecule has 0 spiro atoms. The van der Waals surface area contributed by atoms with Crippen molar-refractivity contribution in [3.63, 3.8) is 0 Å². The largest absolute Gasteiger partial charge is 0.306 e. The standard InChI is InChI=1S/C16H14BrN5OS/c17-13-9-24-14(20-13)8-22-5-3-11-12(7-22)19-15(21-16(11)23)10-2-1-4-18-6-10/h1-2,4,6,9H,3,5,7-8H2,(H,19,21,23). The average molecular weight is 404 g/mol. The maximum atomic E-state index is 12.4. The highest BCUT2D eigenvalue weighted by atomic mass is 79.9. The number of hydrogen-bond donors (Lipinski definition) is 1. The molecule has 0 radical (unpaired) electrons. The van der Waals surface area contributed by atoms with Crippen LogP contribution in [0.15, 0.2) is 39.3 Å². The van der Waals surface area contributed by atoms with Gasteiger partial charge in [-0.25, -0.2) is 9.97 Å². The maximum Gasteiger partial charge on any atom is 0.254 e. The third-order valence-corrected chi connectivity index (χ3v) is 5.51. The van der Waals surface area contributed by atoms with Crippen molar-refractivity contribution >= 4 is 27.3 Å². The molecule has 3 aromatic heterocycles. The smallest absolute Gasteiger partial charge is 0.254 e. The highest BCUT2D eigenvalue weighted by Crippen LogP contribution is 2.21. The number of thiazole rings is 1. The van der Waals surface area contributed by atoms with Crippen molar-refractivity contribution in [2.75, 3.05) is 6.54 Å². The molecule has 122 valence electrons. The van der Waals surface area contributed by atoms with E-state index in [9.17, 15) is 4.79 Å². The number of aromatic nitrogens is 4. The first-order valence-electron chi connectivity index (χ1n) is 7.54. The molecule has 8 heteroatoms. The summed E-state index contributed by atoms with van der Waals surface area (Å²) in [6, 6.07) is 3.73. The van der Waals surface area contributed by atoms with Gasteiger partial charge in [-0.3, -0.25) is 14.7 Å². The molecule has 3 aromatic rings. The summed E-state index contributed by atoms with van der Waals surface area (Å²) in [5.74, 6) is 0.575. The minimum absolute atomic E-state index is 0.0458. The monoisotopic (exact) mass is 403 g/mol. The van der Waals surface area contributed by atoms with Crippen molar-refractivity contribution < 1.29 is 0 Å². The zero-order valence-corrected chi connectivity index (χ0v) is 15.1. The first-order chi connectivity index (χ1) is 11.7. The Morgan fingerprint density at radius 3 is 3.04 bits per heavy atom. The molecule has 1 aliphatic heterocycles. The van der Waals surface area contributed by atoms with Crippen LogP contribution in [-0.4, -0.2) is 31.4 Å². The van der Waals surface area contributed by atoms with Crippen LogP contribution >= 0.6 is 27.3 Å². The van der Waals surface area contributed by atoms with Crippen LogP contribution in [0.4, 0.5) is 0 Å². The van der Waals surface area contributed by atoms with Gasteiger partial charge in [0.25, 0.3) is 5.56 Å². The van der Waals surface area contributed by atoms with Gasteiger partial charge in [0.15, 0.2) is 0 Å². The van der Waals surface area contributed by atoms with Gasteiger partial charge < -0.3 is 4.98 Å². The molecule has 0 fully saturated rings. The summed E-state index contributed by atoms with van der Waals surface area (Å²) in [4.78, 5) is 30.7. The predicted molar refractivity (Wildman–Crippen MR) is 95.7 cm³/mol. The van der Waals surface area contributed by atoms with Crippen LogP contribution in [0.3, 0.4) is 0 Å². The SMILES string of the molecule is O=c1[nH]c(-c2cccnc2)nc2c1CCN(Cc1nc(Br)cs1)C2. The lowest BCUT2D eigenvalue weighted by molar-refractivity contribution is 0.240. The van der Waals surface area contributed by atoms with Gasteiger partial charge in [0, 0.05) is 42.0 Å².